The second kappa shape index (κ2) is 7.16. The summed E-state index contributed by atoms with van der Waals surface area (Å²) < 4.78 is 5.27. The Morgan fingerprint density at radius 3 is 2.84 bits per heavy atom. The molecule has 1 aromatic rings. The van der Waals surface area contributed by atoms with Crippen LogP contribution >= 0.6 is 0 Å². The van der Waals surface area contributed by atoms with E-state index in [1.807, 2.05) is 6.92 Å². The van der Waals surface area contributed by atoms with Gasteiger partial charge in [-0.2, -0.15) is 4.98 Å². The molecule has 1 aromatic heterocycles. The third-order valence-electron chi connectivity index (χ3n) is 2.23. The van der Waals surface area contributed by atoms with E-state index in [0.717, 1.165) is 6.42 Å². The van der Waals surface area contributed by atoms with Crippen molar-refractivity contribution in [3.8, 4) is 18.2 Å². The van der Waals surface area contributed by atoms with Crippen LogP contribution in [0.3, 0.4) is 0 Å². The molecule has 1 rings (SSSR count). The Morgan fingerprint density at radius 1 is 1.53 bits per heavy atom. The normalized spacial score (nSPS) is 9.74. The first-order chi connectivity index (χ1) is 9.10. The maximum absolute atomic E-state index is 11.0. The number of nitrogens with one attached hydrogen (secondary N) is 1. The highest BCUT2D eigenvalue weighted by molar-refractivity contribution is 5.48. The largest absolute Gasteiger partial charge is 0.472 e. The molecule has 0 unspecified atom stereocenters. The van der Waals surface area contributed by atoms with Crippen LogP contribution in [0.25, 0.3) is 0 Å². The van der Waals surface area contributed by atoms with E-state index < -0.39 is 4.92 Å². The van der Waals surface area contributed by atoms with E-state index in [-0.39, 0.29) is 23.9 Å². The number of ether oxygens (including phenoxy) is 1. The Balaban J connectivity index is 3.03. The van der Waals surface area contributed by atoms with Gasteiger partial charge in [0.15, 0.2) is 0 Å². The molecule has 0 aromatic carbocycles. The topological polar surface area (TPSA) is 90.2 Å². The third kappa shape index (κ3) is 4.10. The lowest BCUT2D eigenvalue weighted by atomic mass is 10.3. The quantitative estimate of drug-likeness (QED) is 0.350. The van der Waals surface area contributed by atoms with Gasteiger partial charge in [-0.15, -0.1) is 12.3 Å². The van der Waals surface area contributed by atoms with Crippen molar-refractivity contribution < 1.29 is 9.66 Å². The van der Waals surface area contributed by atoms with Gasteiger partial charge in [-0.1, -0.05) is 6.92 Å². The number of rotatable bonds is 7. The van der Waals surface area contributed by atoms with Crippen molar-refractivity contribution in [1.82, 2.24) is 9.97 Å². The molecule has 0 atom stereocenters. The summed E-state index contributed by atoms with van der Waals surface area (Å²) in [5.41, 5.74) is 0.0355. The number of anilines is 1. The fourth-order valence-electron chi connectivity index (χ4n) is 1.37. The van der Waals surface area contributed by atoms with Crippen LogP contribution in [0.15, 0.2) is 0 Å². The van der Waals surface area contributed by atoms with E-state index in [0.29, 0.717) is 18.9 Å². The molecule has 0 saturated carbocycles. The van der Waals surface area contributed by atoms with Gasteiger partial charge in [0.2, 0.25) is 5.95 Å². The number of nitro groups is 1. The van der Waals surface area contributed by atoms with Crippen LogP contribution < -0.4 is 10.1 Å². The molecule has 7 heteroatoms. The molecule has 0 spiro atoms. The summed E-state index contributed by atoms with van der Waals surface area (Å²) in [4.78, 5) is 18.5. The summed E-state index contributed by atoms with van der Waals surface area (Å²) in [6.45, 7) is 4.41. The first-order valence-corrected chi connectivity index (χ1v) is 5.93. The van der Waals surface area contributed by atoms with Crippen molar-refractivity contribution in [2.75, 3.05) is 18.5 Å². The molecule has 102 valence electrons. The predicted octanol–water partition coefficient (Wildman–Crippen LogP) is 1.92. The standard InChI is InChI=1S/C12H16N4O3/c1-4-6-8-19-11-10(16(17)18)9(3)14-12(15-11)13-7-5-2/h1H,5-8H2,2-3H3,(H,13,14,15). The lowest BCUT2D eigenvalue weighted by molar-refractivity contribution is -0.387. The molecule has 0 amide bonds. The van der Waals surface area contributed by atoms with Gasteiger partial charge < -0.3 is 10.1 Å². The maximum Gasteiger partial charge on any atom is 0.352 e. The van der Waals surface area contributed by atoms with Crippen molar-refractivity contribution in [1.29, 1.82) is 0 Å². The number of nitrogens with zero attached hydrogens (tertiary/aromatic N) is 3. The molecule has 0 fully saturated rings. The Hall–Kier alpha value is -2.36. The SMILES string of the molecule is C#CCCOc1nc(NCCC)nc(C)c1[N+](=O)[O-]. The molecule has 0 saturated heterocycles. The third-order valence-corrected chi connectivity index (χ3v) is 2.23. The zero-order valence-electron chi connectivity index (χ0n) is 11.0. The first-order valence-electron chi connectivity index (χ1n) is 5.93. The first kappa shape index (κ1) is 14.7. The van der Waals surface area contributed by atoms with Gasteiger partial charge >= 0.3 is 5.69 Å². The summed E-state index contributed by atoms with van der Waals surface area (Å²) >= 11 is 0. The number of hydrogen-bond acceptors (Lipinski definition) is 6. The lowest BCUT2D eigenvalue weighted by Crippen LogP contribution is -2.10. The van der Waals surface area contributed by atoms with Crippen LogP contribution in [0, 0.1) is 29.4 Å². The zero-order valence-corrected chi connectivity index (χ0v) is 11.0. The molecular weight excluding hydrogens is 248 g/mol. The molecule has 0 radical (unpaired) electrons. The molecule has 0 aliphatic rings. The summed E-state index contributed by atoms with van der Waals surface area (Å²) in [7, 11) is 0. The van der Waals surface area contributed by atoms with Crippen molar-refractivity contribution in [3.05, 3.63) is 15.8 Å². The van der Waals surface area contributed by atoms with Crippen LogP contribution in [0.2, 0.25) is 0 Å². The van der Waals surface area contributed by atoms with Crippen molar-refractivity contribution >= 4 is 11.6 Å². The average Bonchev–Trinajstić information content (AvgIpc) is 2.35. The average molecular weight is 264 g/mol. The highest BCUT2D eigenvalue weighted by Gasteiger charge is 2.23. The highest BCUT2D eigenvalue weighted by atomic mass is 16.6. The minimum Gasteiger partial charge on any atom is -0.472 e. The van der Waals surface area contributed by atoms with Gasteiger partial charge in [0.25, 0.3) is 5.88 Å². The smallest absolute Gasteiger partial charge is 0.352 e. The van der Waals surface area contributed by atoms with Crippen LogP contribution in [-0.4, -0.2) is 28.0 Å². The Morgan fingerprint density at radius 2 is 2.26 bits per heavy atom. The molecular formula is C12H16N4O3. The summed E-state index contributed by atoms with van der Waals surface area (Å²) in [5, 5.41) is 14.0. The minimum atomic E-state index is -0.551. The van der Waals surface area contributed by atoms with Gasteiger partial charge in [0.1, 0.15) is 12.3 Å². The van der Waals surface area contributed by atoms with Gasteiger partial charge in [-0.3, -0.25) is 10.1 Å². The molecule has 0 bridgehead atoms. The Labute approximate surface area is 111 Å². The zero-order chi connectivity index (χ0) is 14.3. The maximum atomic E-state index is 11.0. The molecule has 0 aliphatic heterocycles. The molecule has 7 nitrogen and oxygen atoms in total. The second-order valence-corrected chi connectivity index (χ2v) is 3.77. The van der Waals surface area contributed by atoms with Crippen LogP contribution in [-0.2, 0) is 0 Å². The highest BCUT2D eigenvalue weighted by Crippen LogP contribution is 2.28. The number of aromatic nitrogens is 2. The van der Waals surface area contributed by atoms with E-state index in [1.54, 1.807) is 6.92 Å². The minimum absolute atomic E-state index is 0.0497. The second-order valence-electron chi connectivity index (χ2n) is 3.77. The van der Waals surface area contributed by atoms with E-state index in [1.165, 1.54) is 0 Å². The number of aryl methyl sites for hydroxylation is 1. The van der Waals surface area contributed by atoms with Crippen LogP contribution in [0.1, 0.15) is 25.5 Å². The summed E-state index contributed by atoms with van der Waals surface area (Å²) in [6, 6.07) is 0. The van der Waals surface area contributed by atoms with Gasteiger partial charge in [0, 0.05) is 13.0 Å². The van der Waals surface area contributed by atoms with Crippen LogP contribution in [0.5, 0.6) is 5.88 Å². The van der Waals surface area contributed by atoms with E-state index in [9.17, 15) is 10.1 Å². The van der Waals surface area contributed by atoms with E-state index in [2.05, 4.69) is 21.2 Å². The lowest BCUT2D eigenvalue weighted by Gasteiger charge is -2.09. The van der Waals surface area contributed by atoms with Crippen molar-refractivity contribution in [2.45, 2.75) is 26.7 Å². The predicted molar refractivity (Wildman–Crippen MR) is 71.1 cm³/mol. The fraction of sp³-hybridized carbons (Fsp3) is 0.500. The molecule has 1 heterocycles. The van der Waals surface area contributed by atoms with Gasteiger partial charge in [-0.05, 0) is 13.3 Å². The monoisotopic (exact) mass is 264 g/mol. The van der Waals surface area contributed by atoms with Crippen LogP contribution in [0.4, 0.5) is 11.6 Å². The number of terminal acetylenes is 1. The van der Waals surface area contributed by atoms with Gasteiger partial charge in [0.05, 0.1) is 4.92 Å². The van der Waals surface area contributed by atoms with E-state index in [4.69, 9.17) is 11.2 Å². The fourth-order valence-corrected chi connectivity index (χ4v) is 1.37. The molecule has 19 heavy (non-hydrogen) atoms. The van der Waals surface area contributed by atoms with Crippen molar-refractivity contribution in [3.63, 3.8) is 0 Å². The van der Waals surface area contributed by atoms with E-state index >= 15 is 0 Å². The Kier molecular flexibility index (Phi) is 5.54. The van der Waals surface area contributed by atoms with Crippen molar-refractivity contribution in [2.24, 2.45) is 0 Å². The summed E-state index contributed by atoms with van der Waals surface area (Å²) in [5.74, 6) is 2.67. The van der Waals surface area contributed by atoms with Gasteiger partial charge in [-0.25, -0.2) is 4.98 Å². The Bertz CT molecular complexity index is 496. The number of hydrogen-bond donors (Lipinski definition) is 1. The summed E-state index contributed by atoms with van der Waals surface area (Å²) in [6.07, 6.45) is 6.36. The molecule has 0 aliphatic carbocycles. The molecule has 1 N–H and O–H groups in total.